The van der Waals surface area contributed by atoms with Crippen LogP contribution < -0.4 is 4.90 Å². The van der Waals surface area contributed by atoms with E-state index in [1.54, 1.807) is 4.90 Å². The molecule has 0 bridgehead atoms. The maximum Gasteiger partial charge on any atom is 0.271 e. The van der Waals surface area contributed by atoms with E-state index < -0.39 is 0 Å². The first-order valence-electron chi connectivity index (χ1n) is 13.9. The monoisotopic (exact) mass is 566 g/mol. The molecule has 2 heterocycles. The number of aryl methyl sites for hydroxylation is 4. The van der Waals surface area contributed by atoms with Gasteiger partial charge >= 0.3 is 0 Å². The second-order valence-corrected chi connectivity index (χ2v) is 11.7. The number of aliphatic imine (C=N–C) groups is 1. The number of nitrogens with zero attached hydrogens (tertiary/aromatic N) is 4. The molecule has 0 radical (unpaired) electrons. The number of anilines is 1. The molecule has 206 valence electrons. The predicted molar refractivity (Wildman–Crippen MR) is 174 cm³/mol. The largest absolute Gasteiger partial charge is 0.342 e. The van der Waals surface area contributed by atoms with Crippen molar-refractivity contribution in [1.29, 1.82) is 5.26 Å². The second kappa shape index (κ2) is 11.2. The Balaban J connectivity index is 1.44. The number of hydrogen-bond acceptors (Lipinski definition) is 4. The van der Waals surface area contributed by atoms with E-state index >= 15 is 0 Å². The Morgan fingerprint density at radius 2 is 1.57 bits per heavy atom. The van der Waals surface area contributed by atoms with Crippen LogP contribution in [0.3, 0.4) is 0 Å². The van der Waals surface area contributed by atoms with Crippen molar-refractivity contribution >= 4 is 51.2 Å². The highest BCUT2D eigenvalue weighted by molar-refractivity contribution is 8.19. The minimum Gasteiger partial charge on any atom is -0.342 e. The van der Waals surface area contributed by atoms with E-state index in [1.807, 2.05) is 66.7 Å². The van der Waals surface area contributed by atoms with Gasteiger partial charge in [-0.15, -0.1) is 0 Å². The van der Waals surface area contributed by atoms with Crippen LogP contribution in [-0.4, -0.2) is 15.6 Å². The van der Waals surface area contributed by atoms with Gasteiger partial charge < -0.3 is 4.57 Å². The molecule has 0 saturated carbocycles. The van der Waals surface area contributed by atoms with E-state index in [4.69, 9.17) is 4.99 Å². The lowest BCUT2D eigenvalue weighted by Crippen LogP contribution is -2.28. The molecule has 1 fully saturated rings. The molecular formula is C36H30N4OS. The lowest BCUT2D eigenvalue weighted by Gasteiger charge is -2.17. The molecular weight excluding hydrogens is 536 g/mol. The summed E-state index contributed by atoms with van der Waals surface area (Å²) >= 11 is 1.39. The van der Waals surface area contributed by atoms with Crippen LogP contribution >= 0.6 is 11.8 Å². The first kappa shape index (κ1) is 27.3. The number of thioether (sulfide) groups is 1. The van der Waals surface area contributed by atoms with Crippen LogP contribution in [0.4, 0.5) is 11.4 Å². The molecule has 6 rings (SSSR count). The Bertz CT molecular complexity index is 1970. The SMILES string of the molecule is Cc1ccc(N=C2S/C(=C\c3cn(Cc4ccccc4C#N)c4ccccc34)C(=O)N2c2ccc(C)c(C)c2)cc1C. The first-order valence-corrected chi connectivity index (χ1v) is 14.7. The summed E-state index contributed by atoms with van der Waals surface area (Å²) in [5.41, 5.74) is 9.88. The molecule has 5 aromatic rings. The number of carbonyl (C=O) groups excluding carboxylic acids is 1. The molecule has 1 aliphatic rings. The Morgan fingerprint density at radius 3 is 2.33 bits per heavy atom. The fourth-order valence-corrected chi connectivity index (χ4v) is 6.15. The summed E-state index contributed by atoms with van der Waals surface area (Å²) in [4.78, 5) is 21.4. The maximum atomic E-state index is 14.1. The molecule has 1 amide bonds. The lowest BCUT2D eigenvalue weighted by molar-refractivity contribution is -0.113. The lowest BCUT2D eigenvalue weighted by atomic mass is 10.1. The third-order valence-corrected chi connectivity index (χ3v) is 8.82. The molecule has 42 heavy (non-hydrogen) atoms. The smallest absolute Gasteiger partial charge is 0.271 e. The predicted octanol–water partition coefficient (Wildman–Crippen LogP) is 8.60. The average Bonchev–Trinajstić information content (AvgIpc) is 3.49. The Morgan fingerprint density at radius 1 is 0.857 bits per heavy atom. The third-order valence-electron chi connectivity index (χ3n) is 7.85. The molecule has 1 aromatic heterocycles. The number of fused-ring (bicyclic) bond motifs is 1. The number of rotatable bonds is 5. The molecule has 0 spiro atoms. The molecule has 1 saturated heterocycles. The Kier molecular flexibility index (Phi) is 7.28. The summed E-state index contributed by atoms with van der Waals surface area (Å²) in [6.45, 7) is 8.84. The van der Waals surface area contributed by atoms with Crippen LogP contribution in [0.5, 0.6) is 0 Å². The molecule has 5 nitrogen and oxygen atoms in total. The van der Waals surface area contributed by atoms with E-state index in [0.29, 0.717) is 22.2 Å². The van der Waals surface area contributed by atoms with Crippen molar-refractivity contribution in [3.05, 3.63) is 135 Å². The van der Waals surface area contributed by atoms with Crippen LogP contribution in [0.25, 0.3) is 17.0 Å². The number of aromatic nitrogens is 1. The van der Waals surface area contributed by atoms with Crippen molar-refractivity contribution in [1.82, 2.24) is 4.57 Å². The van der Waals surface area contributed by atoms with Crippen LogP contribution in [0.1, 0.15) is 38.9 Å². The first-order chi connectivity index (χ1) is 20.3. The standard InChI is InChI=1S/C36H30N4OS/c1-23-13-15-30(17-25(23)3)38-36-40(31-16-14-24(2)26(4)18-31)35(41)34(42-36)19-29-22-39(33-12-8-7-11-32(29)33)21-28-10-6-5-9-27(28)20-37/h5-19,22H,21H2,1-4H3/b34-19-,38-36?. The zero-order valence-corrected chi connectivity index (χ0v) is 24.9. The molecule has 4 aromatic carbocycles. The number of amides is 1. The van der Waals surface area contributed by atoms with Gasteiger partial charge in [0.15, 0.2) is 5.17 Å². The number of nitriles is 1. The highest BCUT2D eigenvalue weighted by Gasteiger charge is 2.35. The summed E-state index contributed by atoms with van der Waals surface area (Å²) in [6.07, 6.45) is 4.04. The zero-order valence-electron chi connectivity index (χ0n) is 24.1. The van der Waals surface area contributed by atoms with E-state index in [1.165, 1.54) is 22.9 Å². The number of hydrogen-bond donors (Lipinski definition) is 0. The van der Waals surface area contributed by atoms with Crippen LogP contribution in [-0.2, 0) is 11.3 Å². The summed E-state index contributed by atoms with van der Waals surface area (Å²) in [7, 11) is 0. The van der Waals surface area contributed by atoms with Crippen molar-refractivity contribution in [2.24, 2.45) is 4.99 Å². The number of para-hydroxylation sites is 1. The number of carbonyl (C=O) groups is 1. The maximum absolute atomic E-state index is 14.1. The van der Waals surface area contributed by atoms with Gasteiger partial charge in [0.05, 0.1) is 27.9 Å². The summed E-state index contributed by atoms with van der Waals surface area (Å²) in [5.74, 6) is -0.0995. The molecule has 1 aliphatic heterocycles. The molecule has 0 N–H and O–H groups in total. The zero-order chi connectivity index (χ0) is 29.4. The average molecular weight is 567 g/mol. The number of benzene rings is 4. The minimum atomic E-state index is -0.0995. The van der Waals surface area contributed by atoms with Gasteiger partial charge in [-0.25, -0.2) is 4.99 Å². The topological polar surface area (TPSA) is 61.4 Å². The van der Waals surface area contributed by atoms with Crippen LogP contribution in [0.2, 0.25) is 0 Å². The van der Waals surface area contributed by atoms with Gasteiger partial charge in [-0.05, 0) is 110 Å². The van der Waals surface area contributed by atoms with E-state index in [-0.39, 0.29) is 5.91 Å². The van der Waals surface area contributed by atoms with Crippen LogP contribution in [0, 0.1) is 39.0 Å². The number of amidine groups is 1. The molecule has 0 unspecified atom stereocenters. The van der Waals surface area contributed by atoms with Crippen molar-refractivity contribution in [2.75, 3.05) is 4.90 Å². The van der Waals surface area contributed by atoms with Crippen molar-refractivity contribution in [2.45, 2.75) is 34.2 Å². The van der Waals surface area contributed by atoms with E-state index in [2.05, 4.69) is 68.8 Å². The van der Waals surface area contributed by atoms with Crippen molar-refractivity contribution in [3.8, 4) is 6.07 Å². The van der Waals surface area contributed by atoms with Crippen molar-refractivity contribution in [3.63, 3.8) is 0 Å². The Labute approximate surface area is 250 Å². The quantitative estimate of drug-likeness (QED) is 0.200. The summed E-state index contributed by atoms with van der Waals surface area (Å²) < 4.78 is 2.15. The summed E-state index contributed by atoms with van der Waals surface area (Å²) in [5, 5.41) is 11.3. The second-order valence-electron chi connectivity index (χ2n) is 10.7. The molecule has 0 atom stereocenters. The molecule has 6 heteroatoms. The highest BCUT2D eigenvalue weighted by Crippen LogP contribution is 2.39. The minimum absolute atomic E-state index is 0.0995. The van der Waals surface area contributed by atoms with Crippen LogP contribution in [0.15, 0.2) is 101 Å². The normalized spacial score (nSPS) is 15.2. The van der Waals surface area contributed by atoms with E-state index in [0.717, 1.165) is 44.5 Å². The van der Waals surface area contributed by atoms with Gasteiger partial charge in [-0.1, -0.05) is 48.5 Å². The summed E-state index contributed by atoms with van der Waals surface area (Å²) in [6, 6.07) is 30.3. The van der Waals surface area contributed by atoms with Gasteiger partial charge in [0.25, 0.3) is 5.91 Å². The van der Waals surface area contributed by atoms with Gasteiger partial charge in [0.1, 0.15) is 0 Å². The van der Waals surface area contributed by atoms with E-state index in [9.17, 15) is 10.1 Å². The molecule has 0 aliphatic carbocycles. The van der Waals surface area contributed by atoms with Gasteiger partial charge in [0, 0.05) is 29.2 Å². The Hall–Kier alpha value is -4.86. The fourth-order valence-electron chi connectivity index (χ4n) is 5.16. The van der Waals surface area contributed by atoms with Gasteiger partial charge in [0.2, 0.25) is 0 Å². The van der Waals surface area contributed by atoms with Gasteiger partial charge in [-0.2, -0.15) is 5.26 Å². The third kappa shape index (κ3) is 5.15. The van der Waals surface area contributed by atoms with Crippen molar-refractivity contribution < 1.29 is 4.79 Å². The van der Waals surface area contributed by atoms with Gasteiger partial charge in [-0.3, -0.25) is 9.69 Å². The fraction of sp³-hybridized carbons (Fsp3) is 0.139. The highest BCUT2D eigenvalue weighted by atomic mass is 32.2.